The van der Waals surface area contributed by atoms with Gasteiger partial charge in [-0.1, -0.05) is 28.3 Å². The first-order chi connectivity index (χ1) is 12.8. The normalized spacial score (nSPS) is 11.6. The SMILES string of the molecule is Cc1cc(C)c(C(=O)[P+](=O)c2c(CN)c(CN)cc(CN)c2CN)c(C)c1. The number of carbonyl (C=O) groups is 1. The molecular weight excluding hydrogens is 359 g/mol. The highest BCUT2D eigenvalue weighted by Gasteiger charge is 2.40. The first-order valence-corrected chi connectivity index (χ1v) is 10.1. The minimum atomic E-state index is -2.41. The quantitative estimate of drug-likeness (QED) is 0.534. The maximum Gasteiger partial charge on any atom is 0.459 e. The molecule has 0 saturated heterocycles. The van der Waals surface area contributed by atoms with Crippen LogP contribution in [0.2, 0.25) is 0 Å². The number of hydrogen-bond acceptors (Lipinski definition) is 6. The van der Waals surface area contributed by atoms with E-state index < -0.39 is 13.3 Å². The average molecular weight is 387 g/mol. The molecule has 1 atom stereocenters. The molecule has 0 amide bonds. The molecule has 0 saturated carbocycles. The Balaban J connectivity index is 2.73. The third-order valence-electron chi connectivity index (χ3n) is 4.82. The summed E-state index contributed by atoms with van der Waals surface area (Å²) in [4.78, 5) is 13.2. The van der Waals surface area contributed by atoms with E-state index in [1.807, 2.05) is 39.0 Å². The van der Waals surface area contributed by atoms with Crippen LogP contribution in [0.3, 0.4) is 0 Å². The van der Waals surface area contributed by atoms with Gasteiger partial charge in [-0.3, -0.25) is 0 Å². The van der Waals surface area contributed by atoms with Gasteiger partial charge in [0.05, 0.1) is 5.56 Å². The van der Waals surface area contributed by atoms with Crippen LogP contribution in [-0.4, -0.2) is 5.52 Å². The van der Waals surface area contributed by atoms with Crippen molar-refractivity contribution in [1.82, 2.24) is 0 Å². The molecule has 2 rings (SSSR count). The highest BCUT2D eigenvalue weighted by atomic mass is 31.1. The average Bonchev–Trinajstić information content (AvgIpc) is 2.64. The van der Waals surface area contributed by atoms with Crippen molar-refractivity contribution in [2.24, 2.45) is 22.9 Å². The Morgan fingerprint density at radius 2 is 1.26 bits per heavy atom. The second kappa shape index (κ2) is 8.83. The summed E-state index contributed by atoms with van der Waals surface area (Å²) in [6, 6.07) is 5.68. The predicted octanol–water partition coefficient (Wildman–Crippen LogP) is 1.74. The fourth-order valence-electron chi connectivity index (χ4n) is 3.66. The largest absolute Gasteiger partial charge is 0.459 e. The van der Waals surface area contributed by atoms with Crippen molar-refractivity contribution < 1.29 is 9.36 Å². The van der Waals surface area contributed by atoms with Gasteiger partial charge in [0.1, 0.15) is 0 Å². The molecule has 27 heavy (non-hydrogen) atoms. The van der Waals surface area contributed by atoms with Crippen molar-refractivity contribution >= 4 is 18.6 Å². The lowest BCUT2D eigenvalue weighted by molar-refractivity contribution is 0.107. The lowest BCUT2D eigenvalue weighted by Gasteiger charge is -2.14. The Kier molecular flexibility index (Phi) is 6.98. The number of rotatable bonds is 7. The maximum absolute atomic E-state index is 13.4. The molecule has 7 heteroatoms. The molecule has 0 bridgehead atoms. The summed E-state index contributed by atoms with van der Waals surface area (Å²) in [7, 11) is -2.41. The minimum absolute atomic E-state index is 0.125. The molecule has 0 radical (unpaired) electrons. The van der Waals surface area contributed by atoms with Gasteiger partial charge in [-0.2, -0.15) is 0 Å². The van der Waals surface area contributed by atoms with Crippen molar-refractivity contribution in [1.29, 1.82) is 0 Å². The van der Waals surface area contributed by atoms with Gasteiger partial charge in [-0.15, -0.1) is 0 Å². The first kappa shape index (κ1) is 21.4. The van der Waals surface area contributed by atoms with Gasteiger partial charge in [-0.05, 0) is 43.0 Å². The molecular formula is C20H28N4O2P+. The molecule has 0 fully saturated rings. The lowest BCUT2D eigenvalue weighted by atomic mass is 9.97. The Bertz CT molecular complexity index is 856. The van der Waals surface area contributed by atoms with Crippen molar-refractivity contribution in [3.8, 4) is 0 Å². The van der Waals surface area contributed by atoms with E-state index in [0.717, 1.165) is 27.8 Å². The summed E-state index contributed by atoms with van der Waals surface area (Å²) < 4.78 is 13.4. The molecule has 0 aliphatic carbocycles. The highest BCUT2D eigenvalue weighted by molar-refractivity contribution is 7.71. The monoisotopic (exact) mass is 387 g/mol. The molecule has 2 aromatic rings. The van der Waals surface area contributed by atoms with Crippen molar-refractivity contribution in [2.45, 2.75) is 47.0 Å². The summed E-state index contributed by atoms with van der Waals surface area (Å²) in [6.45, 7) is 6.36. The summed E-state index contributed by atoms with van der Waals surface area (Å²) in [5.41, 5.74) is 29.1. The lowest BCUT2D eigenvalue weighted by Crippen LogP contribution is -2.26. The van der Waals surface area contributed by atoms with Crippen LogP contribution in [0, 0.1) is 20.8 Å². The van der Waals surface area contributed by atoms with Gasteiger partial charge < -0.3 is 22.9 Å². The molecule has 8 N–H and O–H groups in total. The van der Waals surface area contributed by atoms with Crippen molar-refractivity contribution in [3.05, 3.63) is 62.7 Å². The Hall–Kier alpha value is -1.95. The fraction of sp³-hybridized carbons (Fsp3) is 0.350. The Morgan fingerprint density at radius 3 is 1.63 bits per heavy atom. The number of aryl methyl sites for hydroxylation is 3. The molecule has 0 aliphatic rings. The van der Waals surface area contributed by atoms with Gasteiger partial charge in [0, 0.05) is 37.3 Å². The zero-order chi connectivity index (χ0) is 20.3. The summed E-state index contributed by atoms with van der Waals surface area (Å²) in [5.74, 6) is 0. The second-order valence-corrected chi connectivity index (χ2v) is 8.13. The number of benzene rings is 2. The van der Waals surface area contributed by atoms with Gasteiger partial charge in [0.2, 0.25) is 5.30 Å². The van der Waals surface area contributed by atoms with Crippen LogP contribution in [0.1, 0.15) is 49.3 Å². The van der Waals surface area contributed by atoms with Crippen molar-refractivity contribution in [2.75, 3.05) is 0 Å². The molecule has 144 valence electrons. The second-order valence-electron chi connectivity index (χ2n) is 6.69. The Labute approximate surface area is 161 Å². The molecule has 0 heterocycles. The van der Waals surface area contributed by atoms with E-state index in [4.69, 9.17) is 22.9 Å². The molecule has 0 spiro atoms. The van der Waals surface area contributed by atoms with Crippen LogP contribution in [0.5, 0.6) is 0 Å². The van der Waals surface area contributed by atoms with Gasteiger partial charge in [0.25, 0.3) is 0 Å². The number of nitrogens with two attached hydrogens (primary N) is 4. The van der Waals surface area contributed by atoms with E-state index in [1.54, 1.807) is 0 Å². The van der Waals surface area contributed by atoms with E-state index in [9.17, 15) is 9.36 Å². The molecule has 6 nitrogen and oxygen atoms in total. The minimum Gasteiger partial charge on any atom is -0.326 e. The number of carbonyl (C=O) groups excluding carboxylic acids is 1. The smallest absolute Gasteiger partial charge is 0.326 e. The number of hydrogen-bond donors (Lipinski definition) is 4. The molecule has 0 aliphatic heterocycles. The van der Waals surface area contributed by atoms with Gasteiger partial charge in [-0.25, -0.2) is 4.79 Å². The zero-order valence-corrected chi connectivity index (χ0v) is 17.0. The van der Waals surface area contributed by atoms with Crippen LogP contribution in [0.15, 0.2) is 18.2 Å². The van der Waals surface area contributed by atoms with E-state index in [-0.39, 0.29) is 26.2 Å². The first-order valence-electron chi connectivity index (χ1n) is 8.86. The maximum atomic E-state index is 13.4. The van der Waals surface area contributed by atoms with E-state index in [0.29, 0.717) is 22.0 Å². The summed E-state index contributed by atoms with van der Waals surface area (Å²) >= 11 is 0. The predicted molar refractivity (Wildman–Crippen MR) is 110 cm³/mol. The third kappa shape index (κ3) is 4.00. The third-order valence-corrected chi connectivity index (χ3v) is 6.36. The summed E-state index contributed by atoms with van der Waals surface area (Å²) in [5, 5.41) is 0.405. The van der Waals surface area contributed by atoms with E-state index in [1.165, 1.54) is 0 Å². The van der Waals surface area contributed by atoms with Crippen LogP contribution >= 0.6 is 7.80 Å². The van der Waals surface area contributed by atoms with Crippen LogP contribution < -0.4 is 28.2 Å². The van der Waals surface area contributed by atoms with E-state index >= 15 is 0 Å². The van der Waals surface area contributed by atoms with Crippen LogP contribution in [0.25, 0.3) is 0 Å². The van der Waals surface area contributed by atoms with Crippen LogP contribution in [0.4, 0.5) is 0 Å². The highest BCUT2D eigenvalue weighted by Crippen LogP contribution is 2.34. The molecule has 0 aromatic heterocycles. The Morgan fingerprint density at radius 1 is 0.815 bits per heavy atom. The fourth-order valence-corrected chi connectivity index (χ4v) is 5.38. The van der Waals surface area contributed by atoms with E-state index in [2.05, 4.69) is 0 Å². The summed E-state index contributed by atoms with van der Waals surface area (Å²) in [6.07, 6.45) is 0. The zero-order valence-electron chi connectivity index (χ0n) is 16.1. The molecule has 2 aromatic carbocycles. The van der Waals surface area contributed by atoms with Crippen molar-refractivity contribution in [3.63, 3.8) is 0 Å². The van der Waals surface area contributed by atoms with Gasteiger partial charge >= 0.3 is 13.3 Å². The topological polar surface area (TPSA) is 138 Å². The van der Waals surface area contributed by atoms with Gasteiger partial charge in [0.15, 0.2) is 0 Å². The molecule has 1 unspecified atom stereocenters. The standard InChI is InChI=1S/C20H28N4O2P/c1-11-4-12(2)18(13(3)5-11)20(25)27(26)19-16(9-23)14(7-21)6-15(8-22)17(19)10-24/h4-6H,7-10,21-24H2,1-3H3/q+1. The van der Waals surface area contributed by atoms with Crippen LogP contribution in [-0.2, 0) is 30.7 Å².